The van der Waals surface area contributed by atoms with Gasteiger partial charge in [-0.25, -0.2) is 18.9 Å². The Morgan fingerprint density at radius 1 is 1.29 bits per heavy atom. The van der Waals surface area contributed by atoms with Gasteiger partial charge >= 0.3 is 6.03 Å². The lowest BCUT2D eigenvalue weighted by atomic mass is 10.2. The van der Waals surface area contributed by atoms with Crippen molar-refractivity contribution in [1.82, 2.24) is 19.7 Å². The molecule has 0 spiro atoms. The number of anilines is 1. The van der Waals surface area contributed by atoms with Crippen LogP contribution in [-0.2, 0) is 0 Å². The van der Waals surface area contributed by atoms with Crippen LogP contribution in [0.15, 0.2) is 36.7 Å². The first-order valence-corrected chi connectivity index (χ1v) is 7.78. The van der Waals surface area contributed by atoms with E-state index in [0.717, 1.165) is 30.5 Å². The second-order valence-corrected chi connectivity index (χ2v) is 5.94. The van der Waals surface area contributed by atoms with Crippen molar-refractivity contribution in [2.24, 2.45) is 0 Å². The van der Waals surface area contributed by atoms with E-state index in [-0.39, 0.29) is 11.7 Å². The number of pyridine rings is 1. The predicted molar refractivity (Wildman–Crippen MR) is 88.8 cm³/mol. The highest BCUT2D eigenvalue weighted by molar-refractivity contribution is 5.90. The summed E-state index contributed by atoms with van der Waals surface area (Å²) in [6.45, 7) is 3.46. The molecule has 1 aliphatic rings. The Hall–Kier alpha value is -2.96. The van der Waals surface area contributed by atoms with E-state index in [2.05, 4.69) is 15.4 Å². The first-order chi connectivity index (χ1) is 11.6. The summed E-state index contributed by atoms with van der Waals surface area (Å²) < 4.78 is 15.7. The van der Waals surface area contributed by atoms with Crippen LogP contribution >= 0.6 is 0 Å². The van der Waals surface area contributed by atoms with Crippen molar-refractivity contribution in [2.75, 3.05) is 18.4 Å². The monoisotopic (exact) mass is 325 g/mol. The van der Waals surface area contributed by atoms with Crippen molar-refractivity contribution in [2.45, 2.75) is 13.3 Å². The molecule has 122 valence electrons. The van der Waals surface area contributed by atoms with Gasteiger partial charge in [-0.2, -0.15) is 0 Å². The molecule has 2 amide bonds. The molecule has 1 fully saturated rings. The standard InChI is InChI=1S/C17H16FN5O/c1-11-7-12-10-23(21-16(12)19-9-11)15-8-13(3-4-14(15)18)20-17(24)22-5-2-6-22/h3-4,7-10H,2,5-6H2,1H3,(H,20,24). The van der Waals surface area contributed by atoms with Crippen LogP contribution in [0.2, 0.25) is 0 Å². The second-order valence-electron chi connectivity index (χ2n) is 5.94. The van der Waals surface area contributed by atoms with E-state index in [1.165, 1.54) is 10.7 Å². The highest BCUT2D eigenvalue weighted by Gasteiger charge is 2.20. The number of benzene rings is 1. The molecule has 4 rings (SSSR count). The minimum atomic E-state index is -0.415. The van der Waals surface area contributed by atoms with Crippen molar-refractivity contribution in [3.63, 3.8) is 0 Å². The van der Waals surface area contributed by atoms with Crippen molar-refractivity contribution in [1.29, 1.82) is 0 Å². The maximum Gasteiger partial charge on any atom is 0.321 e. The highest BCUT2D eigenvalue weighted by Crippen LogP contribution is 2.22. The summed E-state index contributed by atoms with van der Waals surface area (Å²) in [5.74, 6) is -0.415. The highest BCUT2D eigenvalue weighted by atomic mass is 19.1. The van der Waals surface area contributed by atoms with Crippen molar-refractivity contribution >= 4 is 22.8 Å². The Labute approximate surface area is 137 Å². The summed E-state index contributed by atoms with van der Waals surface area (Å²) in [5, 5.41) is 7.94. The van der Waals surface area contributed by atoms with Gasteiger partial charge in [0.15, 0.2) is 5.65 Å². The predicted octanol–water partition coefficient (Wildman–Crippen LogP) is 3.11. The molecule has 2 aromatic heterocycles. The number of rotatable bonds is 2. The number of hydrogen-bond donors (Lipinski definition) is 1. The molecule has 7 heteroatoms. The molecular weight excluding hydrogens is 309 g/mol. The number of nitrogens with one attached hydrogen (secondary N) is 1. The lowest BCUT2D eigenvalue weighted by molar-refractivity contribution is 0.181. The largest absolute Gasteiger partial charge is 0.324 e. The molecule has 0 aliphatic carbocycles. The smallest absolute Gasteiger partial charge is 0.321 e. The third-order valence-corrected chi connectivity index (χ3v) is 4.08. The van der Waals surface area contributed by atoms with Gasteiger partial charge in [-0.15, -0.1) is 5.10 Å². The number of fused-ring (bicyclic) bond motifs is 1. The average molecular weight is 325 g/mol. The minimum absolute atomic E-state index is 0.165. The average Bonchev–Trinajstić information content (AvgIpc) is 2.90. The Kier molecular flexibility index (Phi) is 3.41. The fraction of sp³-hybridized carbons (Fsp3) is 0.235. The van der Waals surface area contributed by atoms with Crippen LogP contribution < -0.4 is 5.32 Å². The molecule has 0 atom stereocenters. The van der Waals surface area contributed by atoms with E-state index < -0.39 is 5.82 Å². The molecule has 1 saturated heterocycles. The Morgan fingerprint density at radius 2 is 2.12 bits per heavy atom. The number of urea groups is 1. The molecule has 1 N–H and O–H groups in total. The van der Waals surface area contributed by atoms with Crippen LogP contribution in [0.3, 0.4) is 0 Å². The number of carbonyl (C=O) groups is 1. The van der Waals surface area contributed by atoms with Crippen LogP contribution in [0.1, 0.15) is 12.0 Å². The molecule has 1 aromatic carbocycles. The van der Waals surface area contributed by atoms with Gasteiger partial charge < -0.3 is 10.2 Å². The number of halogens is 1. The van der Waals surface area contributed by atoms with Crippen molar-refractivity contribution in [3.05, 3.63) is 48.0 Å². The SMILES string of the molecule is Cc1cnc2nn(-c3cc(NC(=O)N4CCC4)ccc3F)cc2c1. The van der Waals surface area contributed by atoms with E-state index in [9.17, 15) is 9.18 Å². The molecule has 0 radical (unpaired) electrons. The first kappa shape index (κ1) is 14.6. The third-order valence-electron chi connectivity index (χ3n) is 4.08. The number of carbonyl (C=O) groups excluding carboxylic acids is 1. The normalized spacial score (nSPS) is 13.8. The molecule has 0 unspecified atom stereocenters. The number of aromatic nitrogens is 3. The quantitative estimate of drug-likeness (QED) is 0.787. The first-order valence-electron chi connectivity index (χ1n) is 7.78. The van der Waals surface area contributed by atoms with Crippen molar-refractivity contribution in [3.8, 4) is 5.69 Å². The van der Waals surface area contributed by atoms with Crippen LogP contribution in [0, 0.1) is 12.7 Å². The molecule has 6 nitrogen and oxygen atoms in total. The van der Waals surface area contributed by atoms with Gasteiger partial charge in [0.25, 0.3) is 0 Å². The molecule has 0 bridgehead atoms. The summed E-state index contributed by atoms with van der Waals surface area (Å²) in [5.41, 5.74) is 2.37. The van der Waals surface area contributed by atoms with E-state index >= 15 is 0 Å². The number of likely N-dealkylation sites (tertiary alicyclic amines) is 1. The zero-order valence-electron chi connectivity index (χ0n) is 13.2. The van der Waals surface area contributed by atoms with Gasteiger partial charge in [-0.3, -0.25) is 0 Å². The van der Waals surface area contributed by atoms with E-state index in [4.69, 9.17) is 0 Å². The molecule has 24 heavy (non-hydrogen) atoms. The van der Waals surface area contributed by atoms with Crippen LogP contribution in [0.25, 0.3) is 16.7 Å². The maximum atomic E-state index is 14.2. The zero-order chi connectivity index (χ0) is 16.7. The minimum Gasteiger partial charge on any atom is -0.324 e. The molecule has 3 aromatic rings. The Bertz CT molecular complexity index is 932. The Balaban J connectivity index is 1.67. The summed E-state index contributed by atoms with van der Waals surface area (Å²) in [7, 11) is 0. The summed E-state index contributed by atoms with van der Waals surface area (Å²) in [6, 6.07) is 6.22. The van der Waals surface area contributed by atoms with Crippen LogP contribution in [0.4, 0.5) is 14.9 Å². The van der Waals surface area contributed by atoms with Gasteiger partial charge in [0.2, 0.25) is 0 Å². The van der Waals surface area contributed by atoms with Gasteiger partial charge in [0.1, 0.15) is 11.5 Å². The summed E-state index contributed by atoms with van der Waals surface area (Å²) in [6.07, 6.45) is 4.48. The van der Waals surface area contributed by atoms with E-state index in [1.807, 2.05) is 13.0 Å². The molecule has 0 saturated carbocycles. The van der Waals surface area contributed by atoms with Gasteiger partial charge in [-0.1, -0.05) is 0 Å². The van der Waals surface area contributed by atoms with Gasteiger partial charge in [-0.05, 0) is 43.2 Å². The van der Waals surface area contributed by atoms with Gasteiger partial charge in [0.05, 0.1) is 0 Å². The Morgan fingerprint density at radius 3 is 2.88 bits per heavy atom. The topological polar surface area (TPSA) is 63.1 Å². The number of hydrogen-bond acceptors (Lipinski definition) is 3. The van der Waals surface area contributed by atoms with Crippen LogP contribution in [0.5, 0.6) is 0 Å². The maximum absolute atomic E-state index is 14.2. The molecule has 3 heterocycles. The summed E-state index contributed by atoms with van der Waals surface area (Å²) in [4.78, 5) is 17.9. The lowest BCUT2D eigenvalue weighted by Crippen LogP contribution is -2.44. The van der Waals surface area contributed by atoms with Gasteiger partial charge in [0, 0.05) is 36.6 Å². The third kappa shape index (κ3) is 2.58. The van der Waals surface area contributed by atoms with Crippen molar-refractivity contribution < 1.29 is 9.18 Å². The number of nitrogens with zero attached hydrogens (tertiary/aromatic N) is 4. The molecule has 1 aliphatic heterocycles. The molecular formula is C17H16FN5O. The second kappa shape index (κ2) is 5.59. The number of aryl methyl sites for hydroxylation is 1. The fourth-order valence-electron chi connectivity index (χ4n) is 2.64. The number of amides is 2. The van der Waals surface area contributed by atoms with Crippen LogP contribution in [-0.4, -0.2) is 38.8 Å². The van der Waals surface area contributed by atoms with E-state index in [0.29, 0.717) is 11.3 Å². The zero-order valence-corrected chi connectivity index (χ0v) is 13.2. The fourth-order valence-corrected chi connectivity index (χ4v) is 2.64. The van der Waals surface area contributed by atoms with E-state index in [1.54, 1.807) is 29.4 Å². The summed E-state index contributed by atoms with van der Waals surface area (Å²) >= 11 is 0. The lowest BCUT2D eigenvalue weighted by Gasteiger charge is -2.30.